The van der Waals surface area contributed by atoms with Gasteiger partial charge in [-0.3, -0.25) is 19.2 Å². The number of aliphatic hydroxyl groups excluding tert-OH is 1. The van der Waals surface area contributed by atoms with Crippen LogP contribution in [0.1, 0.15) is 111 Å². The van der Waals surface area contributed by atoms with E-state index in [1.165, 1.54) is 13.3 Å². The molecule has 1 fully saturated rings. The molecule has 0 aliphatic heterocycles. The second-order valence-corrected chi connectivity index (χ2v) is 12.9. The van der Waals surface area contributed by atoms with Crippen LogP contribution in [-0.4, -0.2) is 59.5 Å². The number of hydrogen-bond donors (Lipinski definition) is 5. The summed E-state index contributed by atoms with van der Waals surface area (Å²) >= 11 is 0. The van der Waals surface area contributed by atoms with Gasteiger partial charge in [-0.1, -0.05) is 103 Å². The summed E-state index contributed by atoms with van der Waals surface area (Å²) in [6, 6.07) is 7.24. The quantitative estimate of drug-likeness (QED) is 0.147. The summed E-state index contributed by atoms with van der Waals surface area (Å²) in [6.07, 6.45) is 8.80. The molecule has 44 heavy (non-hydrogen) atoms. The normalized spacial score (nSPS) is 17.2. The van der Waals surface area contributed by atoms with Crippen molar-refractivity contribution in [3.05, 3.63) is 35.9 Å². The molecule has 0 aromatic heterocycles. The first-order valence-electron chi connectivity index (χ1n) is 16.9. The SMILES string of the molecule is CCCCNC(=O)[C@H](C[C@H](O)[C@H](CC1CCCCC1)NC(=O)[C@H](CCC)NC(=O)[C@H](Cc1ccccc1)NC(C)=O)C(C)C. The summed E-state index contributed by atoms with van der Waals surface area (Å²) in [7, 11) is 0. The molecule has 5 atom stereocenters. The lowest BCUT2D eigenvalue weighted by molar-refractivity contribution is -0.132. The topological polar surface area (TPSA) is 137 Å². The smallest absolute Gasteiger partial charge is 0.243 e. The van der Waals surface area contributed by atoms with Gasteiger partial charge < -0.3 is 26.4 Å². The van der Waals surface area contributed by atoms with Gasteiger partial charge in [0.25, 0.3) is 0 Å². The first-order valence-corrected chi connectivity index (χ1v) is 16.9. The number of carbonyl (C=O) groups excluding carboxylic acids is 4. The molecule has 0 bridgehead atoms. The number of benzene rings is 1. The van der Waals surface area contributed by atoms with Gasteiger partial charge in [0.2, 0.25) is 23.6 Å². The minimum absolute atomic E-state index is 0.0276. The van der Waals surface area contributed by atoms with E-state index < -0.39 is 30.1 Å². The molecule has 1 aliphatic rings. The molecule has 0 saturated heterocycles. The minimum atomic E-state index is -0.909. The lowest BCUT2D eigenvalue weighted by Gasteiger charge is -2.33. The molecule has 5 N–H and O–H groups in total. The number of nitrogens with one attached hydrogen (secondary N) is 4. The number of carbonyl (C=O) groups is 4. The van der Waals surface area contributed by atoms with Gasteiger partial charge in [-0.05, 0) is 43.1 Å². The Morgan fingerprint density at radius 3 is 2.11 bits per heavy atom. The molecular weight excluding hydrogens is 556 g/mol. The molecule has 0 spiro atoms. The Hall–Kier alpha value is -2.94. The van der Waals surface area contributed by atoms with Crippen LogP contribution in [0, 0.1) is 17.8 Å². The van der Waals surface area contributed by atoms with Crippen molar-refractivity contribution in [2.24, 2.45) is 17.8 Å². The minimum Gasteiger partial charge on any atom is -0.391 e. The van der Waals surface area contributed by atoms with E-state index in [0.29, 0.717) is 38.1 Å². The standard InChI is InChI=1S/C35H58N4O5/c1-6-8-20-36-33(42)28(24(3)4)23-32(41)30(21-26-16-11-9-12-17-26)39-34(43)29(15-7-2)38-35(44)31(37-25(5)40)22-27-18-13-10-14-19-27/h10,13-14,18-19,24,26,28-32,41H,6-9,11-12,15-17,20-23H2,1-5H3,(H,36,42)(H,37,40)(H,38,44)(H,39,43)/t28-,29+,30+,31+,32+/m1/s1. The molecular formula is C35H58N4O5. The van der Waals surface area contributed by atoms with Gasteiger partial charge in [0, 0.05) is 25.8 Å². The highest BCUT2D eigenvalue weighted by molar-refractivity contribution is 5.92. The Labute approximate surface area is 265 Å². The van der Waals surface area contributed by atoms with Crippen molar-refractivity contribution in [2.45, 2.75) is 136 Å². The van der Waals surface area contributed by atoms with Crippen LogP contribution in [0.25, 0.3) is 0 Å². The summed E-state index contributed by atoms with van der Waals surface area (Å²) in [4.78, 5) is 52.1. The van der Waals surface area contributed by atoms with E-state index >= 15 is 0 Å². The second-order valence-electron chi connectivity index (χ2n) is 12.9. The Morgan fingerprint density at radius 2 is 1.52 bits per heavy atom. The van der Waals surface area contributed by atoms with E-state index in [2.05, 4.69) is 28.2 Å². The summed E-state index contributed by atoms with van der Waals surface area (Å²) in [6.45, 7) is 9.97. The number of unbranched alkanes of at least 4 members (excludes halogenated alkanes) is 1. The lowest BCUT2D eigenvalue weighted by Crippen LogP contribution is -2.57. The van der Waals surface area contributed by atoms with Crippen LogP contribution < -0.4 is 21.3 Å². The van der Waals surface area contributed by atoms with E-state index in [-0.39, 0.29) is 36.0 Å². The largest absolute Gasteiger partial charge is 0.391 e. The fourth-order valence-corrected chi connectivity index (χ4v) is 6.14. The van der Waals surface area contributed by atoms with Crippen molar-refractivity contribution in [1.29, 1.82) is 0 Å². The lowest BCUT2D eigenvalue weighted by atomic mass is 9.81. The molecule has 0 radical (unpaired) electrons. The maximum atomic E-state index is 13.8. The summed E-state index contributed by atoms with van der Waals surface area (Å²) in [5.41, 5.74) is 0.895. The number of aliphatic hydroxyl groups is 1. The van der Waals surface area contributed by atoms with Crippen molar-refractivity contribution in [3.63, 3.8) is 0 Å². The van der Waals surface area contributed by atoms with Crippen LogP contribution in [0.5, 0.6) is 0 Å². The average molecular weight is 615 g/mol. The fourth-order valence-electron chi connectivity index (χ4n) is 6.14. The molecule has 248 valence electrons. The highest BCUT2D eigenvalue weighted by Gasteiger charge is 2.34. The molecule has 1 aromatic rings. The van der Waals surface area contributed by atoms with Crippen LogP contribution in [-0.2, 0) is 25.6 Å². The van der Waals surface area contributed by atoms with E-state index in [9.17, 15) is 24.3 Å². The molecule has 1 saturated carbocycles. The fraction of sp³-hybridized carbons (Fsp3) is 0.714. The van der Waals surface area contributed by atoms with Gasteiger partial charge in [-0.15, -0.1) is 0 Å². The summed E-state index contributed by atoms with van der Waals surface area (Å²) < 4.78 is 0. The molecule has 1 aromatic carbocycles. The summed E-state index contributed by atoms with van der Waals surface area (Å²) in [5.74, 6) is -1.13. The van der Waals surface area contributed by atoms with Gasteiger partial charge in [0.15, 0.2) is 0 Å². The van der Waals surface area contributed by atoms with Crippen molar-refractivity contribution >= 4 is 23.6 Å². The van der Waals surface area contributed by atoms with Gasteiger partial charge in [-0.2, -0.15) is 0 Å². The van der Waals surface area contributed by atoms with Crippen LogP contribution in [0.15, 0.2) is 30.3 Å². The third-order valence-corrected chi connectivity index (χ3v) is 8.76. The first kappa shape index (κ1) is 37.2. The third-order valence-electron chi connectivity index (χ3n) is 8.76. The van der Waals surface area contributed by atoms with E-state index in [0.717, 1.165) is 44.1 Å². The highest BCUT2D eigenvalue weighted by Crippen LogP contribution is 2.30. The monoisotopic (exact) mass is 614 g/mol. The van der Waals surface area contributed by atoms with Gasteiger partial charge >= 0.3 is 0 Å². The predicted octanol–water partition coefficient (Wildman–Crippen LogP) is 4.41. The van der Waals surface area contributed by atoms with Crippen LogP contribution >= 0.6 is 0 Å². The zero-order valence-corrected chi connectivity index (χ0v) is 27.7. The Morgan fingerprint density at radius 1 is 0.864 bits per heavy atom. The van der Waals surface area contributed by atoms with Gasteiger partial charge in [-0.25, -0.2) is 0 Å². The van der Waals surface area contributed by atoms with E-state index in [1.54, 1.807) is 0 Å². The Kier molecular flexibility index (Phi) is 17.1. The van der Waals surface area contributed by atoms with Crippen LogP contribution in [0.3, 0.4) is 0 Å². The molecule has 4 amide bonds. The highest BCUT2D eigenvalue weighted by atomic mass is 16.3. The zero-order valence-electron chi connectivity index (χ0n) is 27.7. The molecule has 9 heteroatoms. The number of rotatable bonds is 19. The number of hydrogen-bond acceptors (Lipinski definition) is 5. The molecule has 9 nitrogen and oxygen atoms in total. The van der Waals surface area contributed by atoms with Crippen molar-refractivity contribution < 1.29 is 24.3 Å². The van der Waals surface area contributed by atoms with Crippen molar-refractivity contribution in [3.8, 4) is 0 Å². The van der Waals surface area contributed by atoms with Gasteiger partial charge in [0.05, 0.1) is 12.1 Å². The molecule has 0 unspecified atom stereocenters. The first-order chi connectivity index (χ1) is 21.0. The maximum Gasteiger partial charge on any atom is 0.243 e. The predicted molar refractivity (Wildman–Crippen MR) is 175 cm³/mol. The Bertz CT molecular complexity index is 1010. The van der Waals surface area contributed by atoms with Crippen molar-refractivity contribution in [1.82, 2.24) is 21.3 Å². The summed E-state index contributed by atoms with van der Waals surface area (Å²) in [5, 5.41) is 23.3. The maximum absolute atomic E-state index is 13.8. The van der Waals surface area contributed by atoms with Crippen molar-refractivity contribution in [2.75, 3.05) is 6.54 Å². The Balaban J connectivity index is 2.20. The van der Waals surface area contributed by atoms with Crippen LogP contribution in [0.2, 0.25) is 0 Å². The van der Waals surface area contributed by atoms with Gasteiger partial charge in [0.1, 0.15) is 12.1 Å². The molecule has 2 rings (SSSR count). The average Bonchev–Trinajstić information content (AvgIpc) is 2.99. The molecule has 0 heterocycles. The zero-order chi connectivity index (χ0) is 32.5. The van der Waals surface area contributed by atoms with Crippen LogP contribution in [0.4, 0.5) is 0 Å². The third kappa shape index (κ3) is 13.4. The number of amides is 4. The van der Waals surface area contributed by atoms with E-state index in [1.807, 2.05) is 51.1 Å². The molecule has 1 aliphatic carbocycles. The second kappa shape index (κ2) is 20.2. The van der Waals surface area contributed by atoms with E-state index in [4.69, 9.17) is 0 Å².